The van der Waals surface area contributed by atoms with E-state index in [1.54, 1.807) is 14.0 Å². The van der Waals surface area contributed by atoms with Gasteiger partial charge in [0, 0.05) is 44.1 Å². The minimum atomic E-state index is -1.54. The molecule has 5 rings (SSSR count). The van der Waals surface area contributed by atoms with Gasteiger partial charge in [-0.15, -0.1) is 0 Å². The Bertz CT molecular complexity index is 1140. The number of rotatable bonds is 11. The van der Waals surface area contributed by atoms with Gasteiger partial charge in [0.2, 0.25) is 0 Å². The Labute approximate surface area is 294 Å². The molecule has 3 unspecified atom stereocenters. The molecule has 0 aliphatic carbocycles. The first-order valence-corrected chi connectivity index (χ1v) is 19.0. The van der Waals surface area contributed by atoms with Crippen molar-refractivity contribution in [3.63, 3.8) is 0 Å². The van der Waals surface area contributed by atoms with Gasteiger partial charge in [-0.1, -0.05) is 41.5 Å². The Morgan fingerprint density at radius 1 is 1.00 bits per heavy atom. The molecule has 0 aromatic rings. The molecular formula is C38H66O11. The van der Waals surface area contributed by atoms with Crippen molar-refractivity contribution < 1.29 is 53.3 Å². The molecule has 0 radical (unpaired) electrons. The zero-order valence-corrected chi connectivity index (χ0v) is 31.7. The molecule has 0 aromatic heterocycles. The normalized spacial score (nSPS) is 49.2. The largest absolute Gasteiger partial charge is 0.469 e. The Morgan fingerprint density at radius 3 is 2.35 bits per heavy atom. The Kier molecular flexibility index (Phi) is 11.9. The zero-order chi connectivity index (χ0) is 36.1. The van der Waals surface area contributed by atoms with E-state index in [9.17, 15) is 20.1 Å². The van der Waals surface area contributed by atoms with Crippen LogP contribution in [-0.4, -0.2) is 108 Å². The highest BCUT2D eigenvalue weighted by atomic mass is 16.7. The second-order valence-electron chi connectivity index (χ2n) is 16.9. The molecule has 5 aliphatic heterocycles. The number of aliphatic hydroxyl groups is 3. The third-order valence-electron chi connectivity index (χ3n) is 13.5. The van der Waals surface area contributed by atoms with Crippen molar-refractivity contribution in [2.24, 2.45) is 35.5 Å². The van der Waals surface area contributed by atoms with Crippen LogP contribution in [0.4, 0.5) is 0 Å². The number of esters is 1. The number of ether oxygens (including phenoxy) is 7. The maximum atomic E-state index is 12.4. The molecule has 11 nitrogen and oxygen atoms in total. The van der Waals surface area contributed by atoms with Crippen LogP contribution < -0.4 is 0 Å². The van der Waals surface area contributed by atoms with Crippen molar-refractivity contribution in [3.05, 3.63) is 0 Å². The molecule has 11 heteroatoms. The molecule has 17 atom stereocenters. The van der Waals surface area contributed by atoms with Gasteiger partial charge in [-0.25, -0.2) is 0 Å². The summed E-state index contributed by atoms with van der Waals surface area (Å²) in [6.45, 7) is 16.0. The molecule has 284 valence electrons. The van der Waals surface area contributed by atoms with E-state index >= 15 is 0 Å². The van der Waals surface area contributed by atoms with Gasteiger partial charge in [0.05, 0.1) is 73.6 Å². The van der Waals surface area contributed by atoms with Crippen molar-refractivity contribution >= 4 is 5.97 Å². The Morgan fingerprint density at radius 2 is 1.71 bits per heavy atom. The fourth-order valence-electron chi connectivity index (χ4n) is 10.1. The number of hydrogen-bond acceptors (Lipinski definition) is 11. The van der Waals surface area contributed by atoms with Gasteiger partial charge in [0.25, 0.3) is 0 Å². The first-order chi connectivity index (χ1) is 23.0. The monoisotopic (exact) mass is 698 g/mol. The fraction of sp³-hybridized carbons (Fsp3) is 0.974. The molecule has 3 N–H and O–H groups in total. The van der Waals surface area contributed by atoms with Gasteiger partial charge in [-0.2, -0.15) is 0 Å². The van der Waals surface area contributed by atoms with E-state index in [-0.39, 0.29) is 65.8 Å². The van der Waals surface area contributed by atoms with Gasteiger partial charge < -0.3 is 48.5 Å². The van der Waals surface area contributed by atoms with Crippen LogP contribution in [0, 0.1) is 35.5 Å². The van der Waals surface area contributed by atoms with E-state index in [4.69, 9.17) is 33.2 Å². The summed E-state index contributed by atoms with van der Waals surface area (Å²) in [6.07, 6.45) is 4.71. The SMILES string of the molecule is CC[C@@]1(CC2O[C@@H]([C@H]3O[C@@](O)(CO)[C@H](C)C[C@@H]3C)C[C@@H]2C)CCC([C@]2(C)CC[C@]3(C[C@H](O)[C@@H](C)[C@@H]([C@@H](C)[C@@H](OC)C(C)C(=O)OC)O3)O2)O1. The first kappa shape index (κ1) is 39.3. The van der Waals surface area contributed by atoms with Crippen molar-refractivity contribution in [1.82, 2.24) is 0 Å². The summed E-state index contributed by atoms with van der Waals surface area (Å²) >= 11 is 0. The summed E-state index contributed by atoms with van der Waals surface area (Å²) in [7, 11) is 2.98. The molecule has 5 saturated heterocycles. The molecule has 5 fully saturated rings. The van der Waals surface area contributed by atoms with E-state index in [1.807, 2.05) is 20.8 Å². The number of hydrogen-bond donors (Lipinski definition) is 3. The molecule has 5 heterocycles. The fourth-order valence-corrected chi connectivity index (χ4v) is 10.1. The minimum absolute atomic E-state index is 0.00798. The molecule has 0 saturated carbocycles. The smallest absolute Gasteiger partial charge is 0.311 e. The maximum Gasteiger partial charge on any atom is 0.311 e. The lowest BCUT2D eigenvalue weighted by Gasteiger charge is -2.48. The van der Waals surface area contributed by atoms with Gasteiger partial charge in [-0.3, -0.25) is 4.79 Å². The van der Waals surface area contributed by atoms with E-state index in [0.29, 0.717) is 18.8 Å². The van der Waals surface area contributed by atoms with Crippen molar-refractivity contribution in [3.8, 4) is 0 Å². The van der Waals surface area contributed by atoms with Crippen LogP contribution in [0.25, 0.3) is 0 Å². The molecule has 49 heavy (non-hydrogen) atoms. The van der Waals surface area contributed by atoms with Crippen molar-refractivity contribution in [2.75, 3.05) is 20.8 Å². The molecule has 5 aliphatic rings. The van der Waals surface area contributed by atoms with Crippen molar-refractivity contribution in [2.45, 2.75) is 179 Å². The predicted octanol–water partition coefficient (Wildman–Crippen LogP) is 4.75. The molecule has 1 spiro atoms. The highest BCUT2D eigenvalue weighted by molar-refractivity contribution is 5.72. The standard InChI is InChI=1S/C38H66O11/c1-11-36(19-29-21(2)17-28(45-29)31-22(3)16-23(4)38(42,20-39)48-31)13-12-30(46-36)35(8)14-15-37(49-35)18-27(40)24(5)33(47-37)25(6)32(43-9)26(7)34(41)44-10/h21-33,39-40,42H,11-20H2,1-10H3/t21-,22-,23+,24+,25-,26?,27-,28+,29?,30?,31-,32+,33-,35-,36-,37+,38-/m0/s1. The topological polar surface area (TPSA) is 142 Å². The zero-order valence-electron chi connectivity index (χ0n) is 31.7. The highest BCUT2D eigenvalue weighted by Crippen LogP contribution is 2.54. The Balaban J connectivity index is 1.24. The van der Waals surface area contributed by atoms with Crippen LogP contribution in [0.3, 0.4) is 0 Å². The summed E-state index contributed by atoms with van der Waals surface area (Å²) in [5, 5.41) is 32.2. The number of carbonyl (C=O) groups is 1. The maximum absolute atomic E-state index is 12.4. The van der Waals surface area contributed by atoms with Crippen LogP contribution in [0.2, 0.25) is 0 Å². The predicted molar refractivity (Wildman–Crippen MR) is 181 cm³/mol. The van der Waals surface area contributed by atoms with Crippen LogP contribution in [0.5, 0.6) is 0 Å². The van der Waals surface area contributed by atoms with E-state index in [2.05, 4.69) is 27.7 Å². The summed E-state index contributed by atoms with van der Waals surface area (Å²) in [4.78, 5) is 12.4. The lowest BCUT2D eigenvalue weighted by Crippen LogP contribution is -2.56. The van der Waals surface area contributed by atoms with Crippen LogP contribution >= 0.6 is 0 Å². The van der Waals surface area contributed by atoms with Crippen LogP contribution in [0.1, 0.15) is 113 Å². The van der Waals surface area contributed by atoms with Crippen LogP contribution in [-0.2, 0) is 38.0 Å². The molecule has 0 bridgehead atoms. The lowest BCUT2D eigenvalue weighted by molar-refractivity contribution is -0.334. The number of carbonyl (C=O) groups excluding carboxylic acids is 1. The van der Waals surface area contributed by atoms with Gasteiger partial charge >= 0.3 is 5.97 Å². The average molecular weight is 699 g/mol. The first-order valence-electron chi connectivity index (χ1n) is 19.0. The average Bonchev–Trinajstić information content (AvgIpc) is 3.76. The second kappa shape index (κ2) is 14.9. The van der Waals surface area contributed by atoms with E-state index in [1.165, 1.54) is 7.11 Å². The van der Waals surface area contributed by atoms with Gasteiger partial charge in [0.15, 0.2) is 11.6 Å². The number of aliphatic hydroxyl groups excluding tert-OH is 2. The third kappa shape index (κ3) is 7.49. The van der Waals surface area contributed by atoms with E-state index in [0.717, 1.165) is 44.9 Å². The molecular weight excluding hydrogens is 632 g/mol. The highest BCUT2D eigenvalue weighted by Gasteiger charge is 2.60. The number of methoxy groups -OCH3 is 2. The Hall–Kier alpha value is -0.890. The summed E-state index contributed by atoms with van der Waals surface area (Å²) in [5.74, 6) is -3.34. The van der Waals surface area contributed by atoms with Crippen molar-refractivity contribution in [1.29, 1.82) is 0 Å². The summed E-state index contributed by atoms with van der Waals surface area (Å²) in [5.41, 5.74) is -0.944. The van der Waals surface area contributed by atoms with E-state index < -0.39 is 41.9 Å². The summed E-state index contributed by atoms with van der Waals surface area (Å²) in [6, 6.07) is 0. The lowest BCUT2D eigenvalue weighted by atomic mass is 9.78. The second-order valence-corrected chi connectivity index (χ2v) is 16.9. The quantitative estimate of drug-likeness (QED) is 0.258. The van der Waals surface area contributed by atoms with Crippen LogP contribution in [0.15, 0.2) is 0 Å². The summed E-state index contributed by atoms with van der Waals surface area (Å²) < 4.78 is 44.5. The molecule has 0 aromatic carbocycles. The third-order valence-corrected chi connectivity index (χ3v) is 13.5. The molecule has 0 amide bonds. The van der Waals surface area contributed by atoms with Gasteiger partial charge in [0.1, 0.15) is 0 Å². The minimum Gasteiger partial charge on any atom is -0.469 e. The van der Waals surface area contributed by atoms with Gasteiger partial charge in [-0.05, 0) is 64.2 Å².